The standard InChI is InChI=1S/C45H69Br2N3O2S2/c1-5-9-13-17-19-23-27-34(25-21-15-11-7-3)32-49-41(36-29-30-37(46)53-36)39-40(45(49)52)42(43-48-31-38(47)54-43)50(44(39)51)33-35(26-22-16-12-8-4)28-24-20-18-14-10-6-2/h29-31,34-35H,5-28,32-33H2,1-4H3. The summed E-state index contributed by atoms with van der Waals surface area (Å²) in [5.41, 5.74) is 2.74. The summed E-state index contributed by atoms with van der Waals surface area (Å²) in [4.78, 5) is 39.9. The molecule has 0 fully saturated rings. The summed E-state index contributed by atoms with van der Waals surface area (Å²) >= 11 is 10.5. The summed E-state index contributed by atoms with van der Waals surface area (Å²) in [7, 11) is 0. The van der Waals surface area contributed by atoms with Gasteiger partial charge in [0.1, 0.15) is 5.01 Å². The summed E-state index contributed by atoms with van der Waals surface area (Å²) in [5.74, 6) is 0.770. The smallest absolute Gasteiger partial charge is 0.261 e. The van der Waals surface area contributed by atoms with Crippen molar-refractivity contribution in [2.45, 2.75) is 182 Å². The number of hydrogen-bond acceptors (Lipinski definition) is 5. The Bertz CT molecular complexity index is 1390. The van der Waals surface area contributed by atoms with Crippen molar-refractivity contribution in [3.05, 3.63) is 46.9 Å². The Balaban J connectivity index is 1.69. The molecule has 2 aliphatic heterocycles. The van der Waals surface area contributed by atoms with Crippen LogP contribution in [0.15, 0.2) is 37.0 Å². The lowest BCUT2D eigenvalue weighted by Crippen LogP contribution is -2.34. The van der Waals surface area contributed by atoms with Crippen molar-refractivity contribution < 1.29 is 9.59 Å². The average Bonchev–Trinajstić information content (AvgIpc) is 3.92. The van der Waals surface area contributed by atoms with Gasteiger partial charge in [0.05, 0.1) is 41.2 Å². The fraction of sp³-hybridized carbons (Fsp3) is 0.711. The quantitative estimate of drug-likeness (QED) is 0.0734. The molecule has 0 aromatic carbocycles. The first-order valence-electron chi connectivity index (χ1n) is 21.8. The monoisotopic (exact) mass is 905 g/mol. The van der Waals surface area contributed by atoms with E-state index in [4.69, 9.17) is 4.98 Å². The Kier molecular flexibility index (Phi) is 21.2. The van der Waals surface area contributed by atoms with E-state index >= 15 is 9.59 Å². The Morgan fingerprint density at radius 3 is 1.35 bits per heavy atom. The van der Waals surface area contributed by atoms with Gasteiger partial charge in [-0.15, -0.1) is 22.7 Å². The van der Waals surface area contributed by atoms with E-state index < -0.39 is 0 Å². The van der Waals surface area contributed by atoms with Gasteiger partial charge in [0.25, 0.3) is 11.8 Å². The zero-order valence-electron chi connectivity index (χ0n) is 34.0. The molecule has 54 heavy (non-hydrogen) atoms. The molecular formula is C45H69Br2N3O2S2. The van der Waals surface area contributed by atoms with E-state index in [2.05, 4.69) is 71.7 Å². The summed E-state index contributed by atoms with van der Waals surface area (Å²) in [5, 5.41) is 0.759. The third kappa shape index (κ3) is 13.4. The van der Waals surface area contributed by atoms with Crippen LogP contribution < -0.4 is 0 Å². The number of amides is 2. The lowest BCUT2D eigenvalue weighted by molar-refractivity contribution is -0.124. The van der Waals surface area contributed by atoms with Gasteiger partial charge in [0, 0.05) is 13.1 Å². The molecule has 4 rings (SSSR count). The molecule has 0 saturated carbocycles. The zero-order chi connectivity index (χ0) is 38.7. The Morgan fingerprint density at radius 1 is 0.537 bits per heavy atom. The third-order valence-corrected chi connectivity index (χ3v) is 14.5. The van der Waals surface area contributed by atoms with Crippen molar-refractivity contribution in [2.24, 2.45) is 11.8 Å². The number of thiazole rings is 1. The Morgan fingerprint density at radius 2 is 0.944 bits per heavy atom. The predicted molar refractivity (Wildman–Crippen MR) is 240 cm³/mol. The van der Waals surface area contributed by atoms with E-state index in [1.165, 1.54) is 140 Å². The molecular weight excluding hydrogens is 838 g/mol. The molecule has 4 heterocycles. The minimum atomic E-state index is -0.0152. The van der Waals surface area contributed by atoms with Crippen LogP contribution in [0.4, 0.5) is 0 Å². The second-order valence-corrected chi connectivity index (χ2v) is 20.8. The molecule has 2 aromatic heterocycles. The number of rotatable bonds is 30. The summed E-state index contributed by atoms with van der Waals surface area (Å²) in [6.45, 7) is 10.4. The number of halogens is 2. The van der Waals surface area contributed by atoms with Gasteiger partial charge in [-0.1, -0.05) is 156 Å². The van der Waals surface area contributed by atoms with Crippen LogP contribution in [0.2, 0.25) is 0 Å². The van der Waals surface area contributed by atoms with Gasteiger partial charge >= 0.3 is 0 Å². The molecule has 2 unspecified atom stereocenters. The van der Waals surface area contributed by atoms with Gasteiger partial charge < -0.3 is 9.80 Å². The van der Waals surface area contributed by atoms with Gasteiger partial charge in [-0.2, -0.15) is 0 Å². The number of carbonyl (C=O) groups is 2. The van der Waals surface area contributed by atoms with E-state index in [9.17, 15) is 0 Å². The highest BCUT2D eigenvalue weighted by atomic mass is 79.9. The molecule has 302 valence electrons. The highest BCUT2D eigenvalue weighted by molar-refractivity contribution is 9.11. The van der Waals surface area contributed by atoms with E-state index in [0.717, 1.165) is 54.5 Å². The van der Waals surface area contributed by atoms with Crippen LogP contribution >= 0.6 is 54.5 Å². The van der Waals surface area contributed by atoms with Gasteiger partial charge in [-0.05, 0) is 81.5 Å². The third-order valence-electron chi connectivity index (χ3n) is 11.4. The second kappa shape index (κ2) is 25.2. The first kappa shape index (κ1) is 45.4. The zero-order valence-corrected chi connectivity index (χ0v) is 38.8. The lowest BCUT2D eigenvalue weighted by atomic mass is 9.93. The maximum Gasteiger partial charge on any atom is 0.261 e. The largest absolute Gasteiger partial charge is 0.306 e. The van der Waals surface area contributed by atoms with Gasteiger partial charge in [0.15, 0.2) is 0 Å². The minimum absolute atomic E-state index is 0.0152. The molecule has 2 atom stereocenters. The highest BCUT2D eigenvalue weighted by Crippen LogP contribution is 2.49. The number of hydrogen-bond donors (Lipinski definition) is 0. The van der Waals surface area contributed by atoms with E-state index in [1.807, 2.05) is 16.0 Å². The van der Waals surface area contributed by atoms with Crippen LogP contribution in [0, 0.1) is 11.8 Å². The summed E-state index contributed by atoms with van der Waals surface area (Å²) < 4.78 is 1.92. The van der Waals surface area contributed by atoms with Crippen molar-refractivity contribution in [3.63, 3.8) is 0 Å². The lowest BCUT2D eigenvalue weighted by Gasteiger charge is -2.29. The first-order valence-corrected chi connectivity index (χ1v) is 25.1. The number of nitrogens with zero attached hydrogens (tertiary/aromatic N) is 3. The number of thiophene rings is 1. The molecule has 9 heteroatoms. The minimum Gasteiger partial charge on any atom is -0.306 e. The van der Waals surface area contributed by atoms with E-state index in [1.54, 1.807) is 11.3 Å². The van der Waals surface area contributed by atoms with E-state index in [-0.39, 0.29) is 11.8 Å². The van der Waals surface area contributed by atoms with Crippen molar-refractivity contribution in [3.8, 4) is 0 Å². The molecule has 0 radical (unpaired) electrons. The summed E-state index contributed by atoms with van der Waals surface area (Å²) in [6.07, 6.45) is 31.4. The SMILES string of the molecule is CCCCCCCCC(CCCCCC)CN1C(=O)C2=C(c3ncc(Br)s3)N(CC(CCCCCC)CCCCCCCC)C(=O)C2=C1c1ccc(Br)s1. The Hall–Kier alpha value is -1.29. The van der Waals surface area contributed by atoms with Crippen molar-refractivity contribution in [1.82, 2.24) is 14.8 Å². The van der Waals surface area contributed by atoms with Crippen LogP contribution in [0.5, 0.6) is 0 Å². The molecule has 0 bridgehead atoms. The molecule has 0 spiro atoms. The number of unbranched alkanes of at least 4 members (excludes halogenated alkanes) is 16. The molecule has 0 aliphatic carbocycles. The van der Waals surface area contributed by atoms with Crippen LogP contribution in [0.25, 0.3) is 11.4 Å². The van der Waals surface area contributed by atoms with Crippen molar-refractivity contribution in [2.75, 3.05) is 13.1 Å². The first-order chi connectivity index (χ1) is 26.3. The molecule has 2 aliphatic rings. The molecule has 0 saturated heterocycles. The van der Waals surface area contributed by atoms with Crippen LogP contribution in [0.3, 0.4) is 0 Å². The predicted octanol–water partition coefficient (Wildman–Crippen LogP) is 15.2. The van der Waals surface area contributed by atoms with Crippen LogP contribution in [0.1, 0.15) is 192 Å². The summed E-state index contributed by atoms with van der Waals surface area (Å²) in [6, 6.07) is 4.15. The molecule has 2 amide bonds. The van der Waals surface area contributed by atoms with Gasteiger partial charge in [0.2, 0.25) is 0 Å². The number of aromatic nitrogens is 1. The van der Waals surface area contributed by atoms with Crippen LogP contribution in [-0.4, -0.2) is 39.7 Å². The molecule has 2 aromatic rings. The van der Waals surface area contributed by atoms with Crippen LogP contribution in [-0.2, 0) is 9.59 Å². The fourth-order valence-electron chi connectivity index (χ4n) is 8.35. The van der Waals surface area contributed by atoms with Gasteiger partial charge in [-0.3, -0.25) is 9.59 Å². The normalized spacial score (nSPS) is 15.7. The molecule has 5 nitrogen and oxygen atoms in total. The second-order valence-electron chi connectivity index (χ2n) is 15.9. The number of carbonyl (C=O) groups excluding carboxylic acids is 2. The maximum absolute atomic E-state index is 15.1. The molecule has 0 N–H and O–H groups in total. The van der Waals surface area contributed by atoms with Crippen molar-refractivity contribution in [1.29, 1.82) is 0 Å². The maximum atomic E-state index is 15.1. The van der Waals surface area contributed by atoms with E-state index in [0.29, 0.717) is 36.1 Å². The highest BCUT2D eigenvalue weighted by Gasteiger charge is 2.50. The topological polar surface area (TPSA) is 53.5 Å². The Labute approximate surface area is 353 Å². The van der Waals surface area contributed by atoms with Gasteiger partial charge in [-0.25, -0.2) is 4.98 Å². The number of fused-ring (bicyclic) bond motifs is 1. The van der Waals surface area contributed by atoms with Crippen molar-refractivity contribution >= 4 is 77.7 Å². The average molecular weight is 908 g/mol. The fourth-order valence-corrected chi connectivity index (χ4v) is 11.1.